The van der Waals surface area contributed by atoms with Crippen LogP contribution in [0, 0.1) is 17.0 Å². The third kappa shape index (κ3) is 4.53. The van der Waals surface area contributed by atoms with E-state index < -0.39 is 11.4 Å². The summed E-state index contributed by atoms with van der Waals surface area (Å²) in [5, 5.41) is 0. The van der Waals surface area contributed by atoms with Gasteiger partial charge in [-0.1, -0.05) is 45.0 Å². The van der Waals surface area contributed by atoms with Gasteiger partial charge in [-0.3, -0.25) is 0 Å². The summed E-state index contributed by atoms with van der Waals surface area (Å²) in [5.74, 6) is -1.16. The molecule has 0 heterocycles. The lowest BCUT2D eigenvalue weighted by Crippen LogP contribution is -2.22. The summed E-state index contributed by atoms with van der Waals surface area (Å²) in [7, 11) is 0. The first-order valence-corrected chi connectivity index (χ1v) is 8.17. The molecular weight excluding hydrogens is 322 g/mol. The highest BCUT2D eigenvalue weighted by atomic mass is 19.1. The van der Waals surface area contributed by atoms with E-state index in [2.05, 4.69) is 0 Å². The van der Waals surface area contributed by atoms with Gasteiger partial charge < -0.3 is 4.74 Å². The van der Waals surface area contributed by atoms with Crippen LogP contribution in [0.4, 0.5) is 8.78 Å². The monoisotopic (exact) mass is 344 g/mol. The van der Waals surface area contributed by atoms with Gasteiger partial charge in [0.25, 0.3) is 0 Å². The van der Waals surface area contributed by atoms with Crippen molar-refractivity contribution in [3.8, 4) is 0 Å². The quantitative estimate of drug-likeness (QED) is 0.550. The number of halogens is 2. The Morgan fingerprint density at radius 2 is 1.28 bits per heavy atom. The van der Waals surface area contributed by atoms with Crippen LogP contribution in [0.5, 0.6) is 0 Å². The molecule has 0 fully saturated rings. The third-order valence-corrected chi connectivity index (χ3v) is 3.75. The summed E-state index contributed by atoms with van der Waals surface area (Å²) in [6, 6.07) is 11.8. The lowest BCUT2D eigenvalue weighted by atomic mass is 9.79. The second-order valence-corrected chi connectivity index (χ2v) is 6.73. The molecule has 2 rings (SSSR count). The predicted molar refractivity (Wildman–Crippen MR) is 94.9 cm³/mol. The number of hydrogen-bond acceptors (Lipinski definition) is 2. The highest BCUT2D eigenvalue weighted by molar-refractivity contribution is 6.02. The Labute approximate surface area is 147 Å². The summed E-state index contributed by atoms with van der Waals surface area (Å²) < 4.78 is 32.0. The molecule has 0 aliphatic rings. The van der Waals surface area contributed by atoms with Crippen molar-refractivity contribution < 1.29 is 18.3 Å². The van der Waals surface area contributed by atoms with E-state index in [1.807, 2.05) is 20.8 Å². The minimum absolute atomic E-state index is 0.249. The van der Waals surface area contributed by atoms with Gasteiger partial charge in [0.05, 0.1) is 12.2 Å². The summed E-state index contributed by atoms with van der Waals surface area (Å²) >= 11 is 0. The Balaban J connectivity index is 2.80. The molecule has 4 heteroatoms. The van der Waals surface area contributed by atoms with Crippen LogP contribution in [0.2, 0.25) is 0 Å². The molecule has 2 nitrogen and oxygen atoms in total. The lowest BCUT2D eigenvalue weighted by molar-refractivity contribution is -0.139. The highest BCUT2D eigenvalue weighted by Crippen LogP contribution is 2.37. The molecule has 2 aromatic rings. The van der Waals surface area contributed by atoms with Crippen LogP contribution in [0.3, 0.4) is 0 Å². The van der Waals surface area contributed by atoms with Crippen LogP contribution in [-0.2, 0) is 9.53 Å². The van der Waals surface area contributed by atoms with Crippen molar-refractivity contribution >= 4 is 11.5 Å². The Hall–Kier alpha value is -2.49. The van der Waals surface area contributed by atoms with Crippen LogP contribution >= 0.6 is 0 Å². The lowest BCUT2D eigenvalue weighted by Gasteiger charge is -2.26. The van der Waals surface area contributed by atoms with E-state index in [1.54, 1.807) is 31.2 Å². The zero-order chi connectivity index (χ0) is 18.6. The van der Waals surface area contributed by atoms with Gasteiger partial charge in [0, 0.05) is 0 Å². The topological polar surface area (TPSA) is 26.3 Å². The minimum atomic E-state index is -0.523. The number of esters is 1. The molecule has 0 spiro atoms. The van der Waals surface area contributed by atoms with Crippen molar-refractivity contribution in [2.45, 2.75) is 27.7 Å². The first-order valence-electron chi connectivity index (χ1n) is 8.17. The molecule has 0 radical (unpaired) electrons. The van der Waals surface area contributed by atoms with Crippen molar-refractivity contribution in [3.05, 3.63) is 76.9 Å². The van der Waals surface area contributed by atoms with Crippen LogP contribution in [-0.4, -0.2) is 12.6 Å². The fourth-order valence-electron chi connectivity index (χ4n) is 2.67. The van der Waals surface area contributed by atoms with Gasteiger partial charge in [0.1, 0.15) is 11.6 Å². The number of carbonyl (C=O) groups is 1. The maximum absolute atomic E-state index is 13.4. The average molecular weight is 344 g/mol. The number of hydrogen-bond donors (Lipinski definition) is 0. The number of benzene rings is 2. The van der Waals surface area contributed by atoms with Crippen molar-refractivity contribution in [3.63, 3.8) is 0 Å². The Morgan fingerprint density at radius 1 is 0.880 bits per heavy atom. The molecule has 0 saturated heterocycles. The van der Waals surface area contributed by atoms with Gasteiger partial charge in [-0.25, -0.2) is 13.6 Å². The van der Waals surface area contributed by atoms with Crippen LogP contribution in [0.1, 0.15) is 38.8 Å². The second kappa shape index (κ2) is 7.60. The normalized spacial score (nSPS) is 11.1. The van der Waals surface area contributed by atoms with Crippen molar-refractivity contribution in [2.24, 2.45) is 5.41 Å². The molecule has 2 aromatic carbocycles. The van der Waals surface area contributed by atoms with E-state index in [-0.39, 0.29) is 18.2 Å². The van der Waals surface area contributed by atoms with Crippen molar-refractivity contribution in [1.29, 1.82) is 0 Å². The number of carbonyl (C=O) groups excluding carboxylic acids is 1. The van der Waals surface area contributed by atoms with Crippen molar-refractivity contribution in [1.82, 2.24) is 0 Å². The van der Waals surface area contributed by atoms with Gasteiger partial charge in [0.2, 0.25) is 0 Å². The zero-order valence-electron chi connectivity index (χ0n) is 14.9. The van der Waals surface area contributed by atoms with Gasteiger partial charge in [-0.05, 0) is 53.3 Å². The average Bonchev–Trinajstić information content (AvgIpc) is 2.53. The number of rotatable bonds is 4. The smallest absolute Gasteiger partial charge is 0.335 e. The standard InChI is InChI=1S/C21H22F2O2/c1-5-25-20(24)19(21(2,3)4)18(14-6-10-16(22)11-7-14)15-8-12-17(23)13-9-15/h6-13H,5H2,1-4H3. The van der Waals surface area contributed by atoms with Crippen LogP contribution in [0.25, 0.3) is 5.57 Å². The van der Waals surface area contributed by atoms with E-state index in [0.29, 0.717) is 22.3 Å². The maximum Gasteiger partial charge on any atom is 0.335 e. The second-order valence-electron chi connectivity index (χ2n) is 6.73. The summed E-state index contributed by atoms with van der Waals surface area (Å²) in [5.41, 5.74) is 1.90. The SMILES string of the molecule is CCOC(=O)C(=C(c1ccc(F)cc1)c1ccc(F)cc1)C(C)(C)C. The molecule has 0 saturated carbocycles. The van der Waals surface area contributed by atoms with Gasteiger partial charge in [-0.15, -0.1) is 0 Å². The Kier molecular flexibility index (Phi) is 5.73. The first-order chi connectivity index (χ1) is 11.7. The summed E-state index contributed by atoms with van der Waals surface area (Å²) in [6.45, 7) is 7.72. The molecular formula is C21H22F2O2. The number of ether oxygens (including phenoxy) is 1. The molecule has 132 valence electrons. The van der Waals surface area contributed by atoms with Gasteiger partial charge in [-0.2, -0.15) is 0 Å². The van der Waals surface area contributed by atoms with Crippen LogP contribution in [0.15, 0.2) is 54.1 Å². The van der Waals surface area contributed by atoms with E-state index in [4.69, 9.17) is 4.74 Å². The van der Waals surface area contributed by atoms with E-state index in [1.165, 1.54) is 24.3 Å². The molecule has 0 N–H and O–H groups in total. The molecule has 0 atom stereocenters. The van der Waals surface area contributed by atoms with E-state index in [0.717, 1.165) is 0 Å². The first kappa shape index (κ1) is 18.8. The summed E-state index contributed by atoms with van der Waals surface area (Å²) in [6.07, 6.45) is 0. The van der Waals surface area contributed by atoms with E-state index >= 15 is 0 Å². The maximum atomic E-state index is 13.4. The molecule has 0 aliphatic carbocycles. The molecule has 0 bridgehead atoms. The van der Waals surface area contributed by atoms with Crippen molar-refractivity contribution in [2.75, 3.05) is 6.61 Å². The van der Waals surface area contributed by atoms with Gasteiger partial charge >= 0.3 is 5.97 Å². The van der Waals surface area contributed by atoms with Crippen LogP contribution < -0.4 is 0 Å². The molecule has 25 heavy (non-hydrogen) atoms. The fourth-order valence-corrected chi connectivity index (χ4v) is 2.67. The largest absolute Gasteiger partial charge is 0.463 e. The van der Waals surface area contributed by atoms with Gasteiger partial charge in [0.15, 0.2) is 0 Å². The predicted octanol–water partition coefficient (Wildman–Crippen LogP) is 5.38. The zero-order valence-corrected chi connectivity index (χ0v) is 14.9. The Morgan fingerprint density at radius 3 is 1.60 bits per heavy atom. The fraction of sp³-hybridized carbons (Fsp3) is 0.286. The molecule has 0 aromatic heterocycles. The Bertz CT molecular complexity index is 720. The molecule has 0 unspecified atom stereocenters. The van der Waals surface area contributed by atoms with E-state index in [9.17, 15) is 13.6 Å². The molecule has 0 aliphatic heterocycles. The highest BCUT2D eigenvalue weighted by Gasteiger charge is 2.30. The minimum Gasteiger partial charge on any atom is -0.463 e. The molecule has 0 amide bonds. The summed E-state index contributed by atoms with van der Waals surface area (Å²) in [4.78, 5) is 12.7. The third-order valence-electron chi connectivity index (χ3n) is 3.75.